The van der Waals surface area contributed by atoms with E-state index < -0.39 is 11.1 Å². The third-order valence-corrected chi connectivity index (χ3v) is 3.34. The molecule has 0 unspecified atom stereocenters. The van der Waals surface area contributed by atoms with Crippen LogP contribution in [0.5, 0.6) is 0 Å². The molecule has 0 radical (unpaired) electrons. The van der Waals surface area contributed by atoms with E-state index in [9.17, 15) is 9.59 Å². The predicted octanol–water partition coefficient (Wildman–Crippen LogP) is 1.26. The molecular formula is C14H23NO4. The molecule has 1 aliphatic rings. The number of hydrogen-bond acceptors (Lipinski definition) is 4. The second-order valence-electron chi connectivity index (χ2n) is 5.99. The van der Waals surface area contributed by atoms with Crippen molar-refractivity contribution < 1.29 is 19.4 Å². The Balaban J connectivity index is 2.52. The van der Waals surface area contributed by atoms with Crippen LogP contribution in [-0.4, -0.2) is 46.2 Å². The zero-order valence-corrected chi connectivity index (χ0v) is 12.1. The number of carbonyl (C=O) groups is 2. The van der Waals surface area contributed by atoms with Gasteiger partial charge >= 0.3 is 0 Å². The van der Waals surface area contributed by atoms with Gasteiger partial charge in [0, 0.05) is 30.9 Å². The van der Waals surface area contributed by atoms with Crippen LogP contribution >= 0.6 is 0 Å². The second kappa shape index (κ2) is 5.84. The van der Waals surface area contributed by atoms with Crippen molar-refractivity contribution >= 4 is 11.8 Å². The minimum atomic E-state index is -0.576. The Morgan fingerprint density at radius 3 is 2.11 bits per heavy atom. The van der Waals surface area contributed by atoms with Gasteiger partial charge in [-0.3, -0.25) is 14.5 Å². The summed E-state index contributed by atoms with van der Waals surface area (Å²) in [5.74, 6) is -0.547. The van der Waals surface area contributed by atoms with E-state index in [4.69, 9.17) is 9.84 Å². The Morgan fingerprint density at radius 2 is 1.63 bits per heavy atom. The number of hydrogen-bond donors (Lipinski definition) is 1. The highest BCUT2D eigenvalue weighted by molar-refractivity contribution is 6.13. The molecule has 0 bridgehead atoms. The maximum atomic E-state index is 11.6. The number of ether oxygens (including phenoxy) is 1. The van der Waals surface area contributed by atoms with Gasteiger partial charge in [-0.05, 0) is 40.5 Å². The number of amides is 2. The SMILES string of the molecule is CC(C)(CCO)OCCC(C)(C)N1C(=O)C=CC1=O. The number of nitrogens with zero attached hydrogens (tertiary/aromatic N) is 1. The molecule has 1 N–H and O–H groups in total. The van der Waals surface area contributed by atoms with Crippen molar-refractivity contribution in [3.63, 3.8) is 0 Å². The smallest absolute Gasteiger partial charge is 0.254 e. The van der Waals surface area contributed by atoms with E-state index in [-0.39, 0.29) is 18.4 Å². The fourth-order valence-corrected chi connectivity index (χ4v) is 2.03. The van der Waals surface area contributed by atoms with Crippen molar-refractivity contribution in [2.45, 2.75) is 51.7 Å². The van der Waals surface area contributed by atoms with Crippen molar-refractivity contribution in [1.29, 1.82) is 0 Å². The maximum Gasteiger partial charge on any atom is 0.254 e. The molecule has 0 saturated carbocycles. The Hall–Kier alpha value is -1.20. The average Bonchev–Trinajstić information content (AvgIpc) is 2.58. The molecule has 108 valence electrons. The average molecular weight is 269 g/mol. The molecule has 1 heterocycles. The molecule has 5 heteroatoms. The summed E-state index contributed by atoms with van der Waals surface area (Å²) in [5.41, 5.74) is -0.977. The third kappa shape index (κ3) is 4.14. The topological polar surface area (TPSA) is 66.8 Å². The molecule has 0 aromatic carbocycles. The van der Waals surface area contributed by atoms with Crippen molar-refractivity contribution in [2.75, 3.05) is 13.2 Å². The van der Waals surface area contributed by atoms with Crippen molar-refractivity contribution in [1.82, 2.24) is 4.90 Å². The van der Waals surface area contributed by atoms with Crippen LogP contribution in [0.2, 0.25) is 0 Å². The highest BCUT2D eigenvalue weighted by atomic mass is 16.5. The number of rotatable bonds is 7. The van der Waals surface area contributed by atoms with Gasteiger partial charge in [-0.15, -0.1) is 0 Å². The summed E-state index contributed by atoms with van der Waals surface area (Å²) in [6, 6.07) is 0. The standard InChI is InChI=1S/C14H23NO4/c1-13(2,15-11(17)5-6-12(15)18)8-10-19-14(3,4)7-9-16/h5-6,16H,7-10H2,1-4H3. The summed E-state index contributed by atoms with van der Waals surface area (Å²) in [7, 11) is 0. The minimum absolute atomic E-state index is 0.0728. The second-order valence-corrected chi connectivity index (χ2v) is 5.99. The minimum Gasteiger partial charge on any atom is -0.396 e. The van der Waals surface area contributed by atoms with Crippen LogP contribution < -0.4 is 0 Å². The zero-order chi connectivity index (χ0) is 14.7. The van der Waals surface area contributed by atoms with Crippen LogP contribution in [0.25, 0.3) is 0 Å². The van der Waals surface area contributed by atoms with Crippen molar-refractivity contribution in [2.24, 2.45) is 0 Å². The van der Waals surface area contributed by atoms with Crippen LogP contribution in [-0.2, 0) is 14.3 Å². The van der Waals surface area contributed by atoms with Gasteiger partial charge < -0.3 is 9.84 Å². The molecule has 0 saturated heterocycles. The van der Waals surface area contributed by atoms with Crippen LogP contribution in [0.3, 0.4) is 0 Å². The number of carbonyl (C=O) groups excluding carboxylic acids is 2. The van der Waals surface area contributed by atoms with Gasteiger partial charge in [0.05, 0.1) is 5.60 Å². The third-order valence-electron chi connectivity index (χ3n) is 3.34. The van der Waals surface area contributed by atoms with E-state index in [1.54, 1.807) is 0 Å². The van der Waals surface area contributed by atoms with E-state index in [0.29, 0.717) is 19.4 Å². The Labute approximate surface area is 114 Å². The van der Waals surface area contributed by atoms with E-state index in [0.717, 1.165) is 0 Å². The highest BCUT2D eigenvalue weighted by Crippen LogP contribution is 2.24. The van der Waals surface area contributed by atoms with Gasteiger partial charge in [0.25, 0.3) is 11.8 Å². The highest BCUT2D eigenvalue weighted by Gasteiger charge is 2.37. The largest absolute Gasteiger partial charge is 0.396 e. The van der Waals surface area contributed by atoms with Crippen molar-refractivity contribution in [3.8, 4) is 0 Å². The lowest BCUT2D eigenvalue weighted by Crippen LogP contribution is -2.48. The summed E-state index contributed by atoms with van der Waals surface area (Å²) < 4.78 is 5.71. The van der Waals surface area contributed by atoms with Crippen LogP contribution in [0, 0.1) is 0 Å². The first-order valence-corrected chi connectivity index (χ1v) is 6.51. The first kappa shape index (κ1) is 15.9. The van der Waals surface area contributed by atoms with E-state index in [1.807, 2.05) is 27.7 Å². The molecule has 0 aromatic heterocycles. The normalized spacial score (nSPS) is 16.6. The lowest BCUT2D eigenvalue weighted by atomic mass is 9.98. The predicted molar refractivity (Wildman–Crippen MR) is 71.4 cm³/mol. The molecule has 0 aromatic rings. The number of aliphatic hydroxyl groups is 1. The fraction of sp³-hybridized carbons (Fsp3) is 0.714. The molecule has 1 rings (SSSR count). The van der Waals surface area contributed by atoms with Crippen LogP contribution in [0.4, 0.5) is 0 Å². The molecule has 19 heavy (non-hydrogen) atoms. The van der Waals surface area contributed by atoms with Gasteiger partial charge in [0.15, 0.2) is 0 Å². The molecule has 0 aliphatic carbocycles. The number of aliphatic hydroxyl groups excluding tert-OH is 1. The molecular weight excluding hydrogens is 246 g/mol. The summed E-state index contributed by atoms with van der Waals surface area (Å²) in [6.45, 7) is 8.00. The van der Waals surface area contributed by atoms with E-state index in [1.165, 1.54) is 17.1 Å². The van der Waals surface area contributed by atoms with Gasteiger partial charge in [0.1, 0.15) is 0 Å². The van der Waals surface area contributed by atoms with Gasteiger partial charge in [-0.1, -0.05) is 0 Å². The summed E-state index contributed by atoms with van der Waals surface area (Å²) in [6.07, 6.45) is 3.69. The molecule has 2 amide bonds. The lowest BCUT2D eigenvalue weighted by Gasteiger charge is -2.35. The maximum absolute atomic E-state index is 11.6. The summed E-state index contributed by atoms with van der Waals surface area (Å²) >= 11 is 0. The molecule has 0 fully saturated rings. The Morgan fingerprint density at radius 1 is 1.11 bits per heavy atom. The first-order chi connectivity index (χ1) is 8.69. The van der Waals surface area contributed by atoms with Crippen molar-refractivity contribution in [3.05, 3.63) is 12.2 Å². The van der Waals surface area contributed by atoms with E-state index in [2.05, 4.69) is 0 Å². The quantitative estimate of drug-likeness (QED) is 0.707. The molecule has 0 atom stereocenters. The van der Waals surface area contributed by atoms with Crippen LogP contribution in [0.15, 0.2) is 12.2 Å². The number of imide groups is 1. The summed E-state index contributed by atoms with van der Waals surface area (Å²) in [5, 5.41) is 8.92. The van der Waals surface area contributed by atoms with Gasteiger partial charge in [-0.25, -0.2) is 0 Å². The van der Waals surface area contributed by atoms with E-state index >= 15 is 0 Å². The Bertz CT molecular complexity index is 367. The molecule has 5 nitrogen and oxygen atoms in total. The first-order valence-electron chi connectivity index (χ1n) is 6.51. The summed E-state index contributed by atoms with van der Waals surface area (Å²) in [4.78, 5) is 24.5. The molecule has 0 spiro atoms. The van der Waals surface area contributed by atoms with Gasteiger partial charge in [0.2, 0.25) is 0 Å². The zero-order valence-electron chi connectivity index (χ0n) is 12.1. The monoisotopic (exact) mass is 269 g/mol. The fourth-order valence-electron chi connectivity index (χ4n) is 2.03. The van der Waals surface area contributed by atoms with Gasteiger partial charge in [-0.2, -0.15) is 0 Å². The Kier molecular flexibility index (Phi) is 4.87. The lowest BCUT2D eigenvalue weighted by molar-refractivity contribution is -0.144. The van der Waals surface area contributed by atoms with Crippen LogP contribution in [0.1, 0.15) is 40.5 Å². The molecule has 1 aliphatic heterocycles.